The SMILES string of the molecule is CNC1CCN(C2CCN3CCCC23)C(C)C1C. The molecule has 0 amide bonds. The molecular weight excluding hydrogens is 222 g/mol. The third kappa shape index (κ3) is 2.00. The Hall–Kier alpha value is -0.120. The van der Waals surface area contributed by atoms with E-state index in [9.17, 15) is 0 Å². The van der Waals surface area contributed by atoms with Gasteiger partial charge in [0.15, 0.2) is 0 Å². The predicted octanol–water partition coefficient (Wildman–Crippen LogP) is 1.54. The van der Waals surface area contributed by atoms with E-state index in [-0.39, 0.29) is 0 Å². The van der Waals surface area contributed by atoms with Crippen LogP contribution in [0.3, 0.4) is 0 Å². The van der Waals surface area contributed by atoms with Crippen molar-refractivity contribution in [3.8, 4) is 0 Å². The summed E-state index contributed by atoms with van der Waals surface area (Å²) in [7, 11) is 2.12. The second kappa shape index (κ2) is 5.10. The van der Waals surface area contributed by atoms with E-state index in [1.807, 2.05) is 0 Å². The number of likely N-dealkylation sites (tertiary alicyclic amines) is 1. The van der Waals surface area contributed by atoms with E-state index >= 15 is 0 Å². The molecule has 3 nitrogen and oxygen atoms in total. The Morgan fingerprint density at radius 1 is 0.944 bits per heavy atom. The third-order valence-corrected chi connectivity index (χ3v) is 5.98. The van der Waals surface area contributed by atoms with E-state index in [2.05, 4.69) is 36.0 Å². The van der Waals surface area contributed by atoms with Crippen molar-refractivity contribution in [1.82, 2.24) is 15.1 Å². The standard InChI is InChI=1S/C15H29N3/c1-11-12(2)18(10-6-13(11)16-3)15-7-9-17-8-4-5-14(15)17/h11-16H,4-10H2,1-3H3. The number of nitrogens with one attached hydrogen (secondary N) is 1. The fraction of sp³-hybridized carbons (Fsp3) is 1.00. The van der Waals surface area contributed by atoms with Crippen LogP contribution in [0.4, 0.5) is 0 Å². The van der Waals surface area contributed by atoms with Gasteiger partial charge >= 0.3 is 0 Å². The van der Waals surface area contributed by atoms with Gasteiger partial charge < -0.3 is 5.32 Å². The Morgan fingerprint density at radius 3 is 2.56 bits per heavy atom. The highest BCUT2D eigenvalue weighted by Gasteiger charge is 2.44. The van der Waals surface area contributed by atoms with Crippen molar-refractivity contribution < 1.29 is 0 Å². The maximum atomic E-state index is 3.50. The zero-order valence-corrected chi connectivity index (χ0v) is 12.2. The van der Waals surface area contributed by atoms with Crippen LogP contribution in [0.5, 0.6) is 0 Å². The molecule has 3 aliphatic rings. The minimum atomic E-state index is 0.720. The van der Waals surface area contributed by atoms with E-state index in [1.54, 1.807) is 0 Å². The van der Waals surface area contributed by atoms with Crippen LogP contribution in [-0.4, -0.2) is 60.6 Å². The lowest BCUT2D eigenvalue weighted by Crippen LogP contribution is -2.57. The van der Waals surface area contributed by atoms with E-state index in [1.165, 1.54) is 45.3 Å². The average Bonchev–Trinajstić information content (AvgIpc) is 2.95. The summed E-state index contributed by atoms with van der Waals surface area (Å²) < 4.78 is 0. The lowest BCUT2D eigenvalue weighted by Gasteiger charge is -2.46. The molecule has 3 aliphatic heterocycles. The highest BCUT2D eigenvalue weighted by atomic mass is 15.3. The van der Waals surface area contributed by atoms with Gasteiger partial charge in [0, 0.05) is 37.3 Å². The first kappa shape index (κ1) is 12.9. The highest BCUT2D eigenvalue weighted by Crippen LogP contribution is 2.35. The maximum absolute atomic E-state index is 3.50. The van der Waals surface area contributed by atoms with Gasteiger partial charge in [-0.3, -0.25) is 9.80 Å². The molecule has 0 aliphatic carbocycles. The monoisotopic (exact) mass is 251 g/mol. The van der Waals surface area contributed by atoms with Gasteiger partial charge in [0.1, 0.15) is 0 Å². The van der Waals surface area contributed by atoms with E-state index < -0.39 is 0 Å². The average molecular weight is 251 g/mol. The smallest absolute Gasteiger partial charge is 0.0266 e. The number of piperidine rings is 1. The first-order chi connectivity index (χ1) is 8.72. The van der Waals surface area contributed by atoms with Crippen molar-refractivity contribution in [2.75, 3.05) is 26.7 Å². The number of hydrogen-bond donors (Lipinski definition) is 1. The molecule has 3 heteroatoms. The van der Waals surface area contributed by atoms with E-state index in [0.29, 0.717) is 0 Å². The van der Waals surface area contributed by atoms with Crippen LogP contribution in [0.1, 0.15) is 39.5 Å². The molecule has 0 bridgehead atoms. The highest BCUT2D eigenvalue weighted by molar-refractivity contribution is 5.01. The van der Waals surface area contributed by atoms with Gasteiger partial charge in [-0.2, -0.15) is 0 Å². The fourth-order valence-electron chi connectivity index (χ4n) is 4.71. The lowest BCUT2D eigenvalue weighted by molar-refractivity contribution is 0.0377. The molecule has 1 N–H and O–H groups in total. The van der Waals surface area contributed by atoms with Crippen molar-refractivity contribution in [2.24, 2.45) is 5.92 Å². The zero-order chi connectivity index (χ0) is 12.7. The molecule has 0 saturated carbocycles. The van der Waals surface area contributed by atoms with Crippen molar-refractivity contribution in [3.63, 3.8) is 0 Å². The molecule has 104 valence electrons. The van der Waals surface area contributed by atoms with Crippen LogP contribution in [0.25, 0.3) is 0 Å². The fourth-order valence-corrected chi connectivity index (χ4v) is 4.71. The van der Waals surface area contributed by atoms with Gasteiger partial charge in [0.2, 0.25) is 0 Å². The minimum Gasteiger partial charge on any atom is -0.317 e. The van der Waals surface area contributed by atoms with E-state index in [0.717, 1.165) is 30.1 Å². The number of hydrogen-bond acceptors (Lipinski definition) is 3. The van der Waals surface area contributed by atoms with Crippen LogP contribution in [-0.2, 0) is 0 Å². The maximum Gasteiger partial charge on any atom is 0.0266 e. The third-order valence-electron chi connectivity index (χ3n) is 5.98. The molecule has 3 saturated heterocycles. The topological polar surface area (TPSA) is 18.5 Å². The summed E-state index contributed by atoms with van der Waals surface area (Å²) in [6, 6.07) is 3.19. The van der Waals surface area contributed by atoms with Gasteiger partial charge in [-0.05, 0) is 52.1 Å². The summed E-state index contributed by atoms with van der Waals surface area (Å²) in [5.41, 5.74) is 0. The van der Waals surface area contributed by atoms with E-state index in [4.69, 9.17) is 0 Å². The zero-order valence-electron chi connectivity index (χ0n) is 12.2. The molecule has 0 aromatic heterocycles. The molecule has 5 unspecified atom stereocenters. The second-order valence-electron chi connectivity index (χ2n) is 6.62. The molecule has 0 spiro atoms. The molecule has 3 rings (SSSR count). The summed E-state index contributed by atoms with van der Waals surface area (Å²) >= 11 is 0. The van der Waals surface area contributed by atoms with Crippen LogP contribution in [0, 0.1) is 5.92 Å². The molecule has 18 heavy (non-hydrogen) atoms. The van der Waals surface area contributed by atoms with Gasteiger partial charge in [-0.15, -0.1) is 0 Å². The summed E-state index contributed by atoms with van der Waals surface area (Å²) in [5, 5.41) is 3.50. The van der Waals surface area contributed by atoms with Crippen molar-refractivity contribution in [1.29, 1.82) is 0 Å². The lowest BCUT2D eigenvalue weighted by atomic mass is 9.85. The Bertz CT molecular complexity index is 293. The molecule has 0 aromatic rings. The normalized spacial score (nSPS) is 46.5. The van der Waals surface area contributed by atoms with Gasteiger partial charge in [-0.25, -0.2) is 0 Å². The van der Waals surface area contributed by atoms with Crippen LogP contribution >= 0.6 is 0 Å². The largest absolute Gasteiger partial charge is 0.317 e. The molecule has 5 atom stereocenters. The molecule has 0 radical (unpaired) electrons. The van der Waals surface area contributed by atoms with Gasteiger partial charge in [-0.1, -0.05) is 6.92 Å². The number of fused-ring (bicyclic) bond motifs is 1. The van der Waals surface area contributed by atoms with Gasteiger partial charge in [0.05, 0.1) is 0 Å². The molecule has 0 aromatic carbocycles. The Morgan fingerprint density at radius 2 is 1.78 bits per heavy atom. The van der Waals surface area contributed by atoms with Gasteiger partial charge in [0.25, 0.3) is 0 Å². The Labute approximate surface area is 112 Å². The Balaban J connectivity index is 1.69. The number of nitrogens with zero attached hydrogens (tertiary/aromatic N) is 2. The van der Waals surface area contributed by atoms with Crippen LogP contribution in [0.2, 0.25) is 0 Å². The van der Waals surface area contributed by atoms with Crippen LogP contribution in [0.15, 0.2) is 0 Å². The summed E-state index contributed by atoms with van der Waals surface area (Å²) in [6.45, 7) is 8.89. The molecule has 3 heterocycles. The number of rotatable bonds is 2. The van der Waals surface area contributed by atoms with Crippen molar-refractivity contribution in [2.45, 2.75) is 63.7 Å². The summed E-state index contributed by atoms with van der Waals surface area (Å²) in [4.78, 5) is 5.58. The predicted molar refractivity (Wildman–Crippen MR) is 75.8 cm³/mol. The molecular formula is C15H29N3. The second-order valence-corrected chi connectivity index (χ2v) is 6.62. The Kier molecular flexibility index (Phi) is 3.65. The quantitative estimate of drug-likeness (QED) is 0.803. The summed E-state index contributed by atoms with van der Waals surface area (Å²) in [6.07, 6.45) is 5.60. The first-order valence-electron chi connectivity index (χ1n) is 7.89. The van der Waals surface area contributed by atoms with Crippen LogP contribution < -0.4 is 5.32 Å². The summed E-state index contributed by atoms with van der Waals surface area (Å²) in [5.74, 6) is 0.777. The minimum absolute atomic E-state index is 0.720. The van der Waals surface area contributed by atoms with Crippen molar-refractivity contribution in [3.05, 3.63) is 0 Å². The van der Waals surface area contributed by atoms with Crippen molar-refractivity contribution >= 4 is 0 Å². The molecule has 3 fully saturated rings. The first-order valence-corrected chi connectivity index (χ1v) is 7.89.